The molecule has 0 atom stereocenters. The van der Waals surface area contributed by atoms with Gasteiger partial charge in [0.05, 0.1) is 31.2 Å². The van der Waals surface area contributed by atoms with E-state index in [4.69, 9.17) is 28.9 Å². The second kappa shape index (κ2) is 18.9. The van der Waals surface area contributed by atoms with Gasteiger partial charge in [0.25, 0.3) is 10.0 Å². The standard InChI is InChI=1S/C30H47Cl2N3O4S2/c1-2-3-4-5-6-7-8-9-10-11-12-13-14-15-16-17-22-34-40(36,37)26-19-21-28(32)30(24-26)35-41(38,39)25-18-20-27(31)29(33)23-25/h18-21,23-24,34-35H,2-17,22,33H2,1H3. The fraction of sp³-hybridized carbons (Fsp3) is 0.600. The van der Waals surface area contributed by atoms with Gasteiger partial charge in [-0.3, -0.25) is 4.72 Å². The zero-order valence-corrected chi connectivity index (χ0v) is 27.4. The van der Waals surface area contributed by atoms with Gasteiger partial charge >= 0.3 is 0 Å². The predicted molar refractivity (Wildman–Crippen MR) is 173 cm³/mol. The molecule has 0 amide bonds. The van der Waals surface area contributed by atoms with E-state index < -0.39 is 20.0 Å². The van der Waals surface area contributed by atoms with Crippen molar-refractivity contribution in [1.29, 1.82) is 0 Å². The number of hydrogen-bond acceptors (Lipinski definition) is 5. The maximum atomic E-state index is 12.8. The van der Waals surface area contributed by atoms with Crippen LogP contribution in [0.15, 0.2) is 46.2 Å². The van der Waals surface area contributed by atoms with Crippen molar-refractivity contribution in [3.05, 3.63) is 46.4 Å². The van der Waals surface area contributed by atoms with E-state index in [0.29, 0.717) is 6.54 Å². The highest BCUT2D eigenvalue weighted by molar-refractivity contribution is 7.92. The molecule has 0 unspecified atom stereocenters. The molecule has 0 aliphatic heterocycles. The lowest BCUT2D eigenvalue weighted by Gasteiger charge is -2.13. The number of halogens is 2. The van der Waals surface area contributed by atoms with Gasteiger partial charge in [-0.05, 0) is 42.8 Å². The molecule has 2 aromatic rings. The highest BCUT2D eigenvalue weighted by Crippen LogP contribution is 2.29. The zero-order chi connectivity index (χ0) is 30.1. The fourth-order valence-corrected chi connectivity index (χ4v) is 7.15. The maximum Gasteiger partial charge on any atom is 0.262 e. The SMILES string of the molecule is CCCCCCCCCCCCCCCCCCNS(=O)(=O)c1ccc(Cl)c(NS(=O)(=O)c2ccc(Cl)c(N)c2)c1. The van der Waals surface area contributed by atoms with Crippen LogP contribution in [0.4, 0.5) is 11.4 Å². The van der Waals surface area contributed by atoms with Gasteiger partial charge in [0.2, 0.25) is 10.0 Å². The van der Waals surface area contributed by atoms with E-state index in [2.05, 4.69) is 16.4 Å². The molecule has 2 aromatic carbocycles. The Labute approximate surface area is 258 Å². The van der Waals surface area contributed by atoms with Crippen molar-refractivity contribution < 1.29 is 16.8 Å². The minimum absolute atomic E-state index is 0.0505. The van der Waals surface area contributed by atoms with Crippen LogP contribution >= 0.6 is 23.2 Å². The van der Waals surface area contributed by atoms with Gasteiger partial charge in [-0.1, -0.05) is 126 Å². The molecule has 0 aliphatic rings. The maximum absolute atomic E-state index is 12.8. The smallest absolute Gasteiger partial charge is 0.262 e. The summed E-state index contributed by atoms with van der Waals surface area (Å²) in [6.45, 7) is 2.57. The number of rotatable bonds is 22. The summed E-state index contributed by atoms with van der Waals surface area (Å²) in [5, 5.41) is 0.290. The molecule has 0 aromatic heterocycles. The van der Waals surface area contributed by atoms with Crippen molar-refractivity contribution in [2.75, 3.05) is 17.0 Å². The van der Waals surface area contributed by atoms with Crippen LogP contribution < -0.4 is 15.2 Å². The van der Waals surface area contributed by atoms with Crippen LogP contribution in [0.25, 0.3) is 0 Å². The Bertz CT molecular complexity index is 1270. The molecule has 0 radical (unpaired) electrons. The first-order chi connectivity index (χ1) is 19.6. The number of nitrogen functional groups attached to an aromatic ring is 1. The molecule has 0 heterocycles. The summed E-state index contributed by atoms with van der Waals surface area (Å²) < 4.78 is 56.1. The van der Waals surface area contributed by atoms with Gasteiger partial charge in [-0.25, -0.2) is 21.6 Å². The highest BCUT2D eigenvalue weighted by atomic mass is 35.5. The second-order valence-electron chi connectivity index (χ2n) is 10.6. The number of anilines is 2. The zero-order valence-electron chi connectivity index (χ0n) is 24.3. The van der Waals surface area contributed by atoms with Crippen LogP contribution in [-0.2, 0) is 20.0 Å². The number of sulfonamides is 2. The Morgan fingerprint density at radius 3 is 1.54 bits per heavy atom. The molecular weight excluding hydrogens is 601 g/mol. The minimum Gasteiger partial charge on any atom is -0.397 e. The summed E-state index contributed by atoms with van der Waals surface area (Å²) in [6, 6.07) is 7.79. The molecule has 0 bridgehead atoms. The quantitative estimate of drug-likeness (QED) is 0.0870. The van der Waals surface area contributed by atoms with Crippen molar-refractivity contribution in [3.63, 3.8) is 0 Å². The Morgan fingerprint density at radius 1 is 0.610 bits per heavy atom. The van der Waals surface area contributed by atoms with Crippen LogP contribution in [-0.4, -0.2) is 23.4 Å². The Balaban J connectivity index is 1.65. The van der Waals surface area contributed by atoms with Crippen molar-refractivity contribution in [3.8, 4) is 0 Å². The molecule has 0 spiro atoms. The van der Waals surface area contributed by atoms with E-state index in [-0.39, 0.29) is 31.2 Å². The summed E-state index contributed by atoms with van der Waals surface area (Å²) >= 11 is 12.0. The van der Waals surface area contributed by atoms with Crippen LogP contribution in [0.3, 0.4) is 0 Å². The van der Waals surface area contributed by atoms with Gasteiger partial charge in [0.1, 0.15) is 0 Å². The van der Waals surface area contributed by atoms with Crippen molar-refractivity contribution in [1.82, 2.24) is 4.72 Å². The summed E-state index contributed by atoms with van der Waals surface area (Å²) in [5.74, 6) is 0. The third-order valence-corrected chi connectivity index (χ3v) is 10.6. The fourth-order valence-electron chi connectivity index (χ4n) is 4.61. The molecule has 0 aliphatic carbocycles. The average Bonchev–Trinajstić information content (AvgIpc) is 2.92. The van der Waals surface area contributed by atoms with Crippen molar-refractivity contribution in [2.45, 2.75) is 119 Å². The lowest BCUT2D eigenvalue weighted by Crippen LogP contribution is -2.25. The molecule has 0 saturated carbocycles. The summed E-state index contributed by atoms with van der Waals surface area (Å²) in [7, 11) is -7.90. The average molecular weight is 649 g/mol. The van der Waals surface area contributed by atoms with Crippen molar-refractivity contribution >= 4 is 54.6 Å². The second-order valence-corrected chi connectivity index (χ2v) is 14.9. The van der Waals surface area contributed by atoms with Gasteiger partial charge < -0.3 is 5.73 Å². The highest BCUT2D eigenvalue weighted by Gasteiger charge is 2.20. The van der Waals surface area contributed by atoms with E-state index in [9.17, 15) is 16.8 Å². The van der Waals surface area contributed by atoms with Gasteiger partial charge in [0, 0.05) is 6.54 Å². The van der Waals surface area contributed by atoms with Crippen LogP contribution in [0.5, 0.6) is 0 Å². The Morgan fingerprint density at radius 2 is 1.05 bits per heavy atom. The van der Waals surface area contributed by atoms with E-state index in [1.54, 1.807) is 0 Å². The molecule has 0 saturated heterocycles. The predicted octanol–water partition coefficient (Wildman–Crippen LogP) is 8.92. The van der Waals surface area contributed by atoms with Crippen LogP contribution in [0, 0.1) is 0 Å². The van der Waals surface area contributed by atoms with Gasteiger partial charge in [-0.15, -0.1) is 0 Å². The molecule has 0 fully saturated rings. The summed E-state index contributed by atoms with van der Waals surface area (Å²) in [4.78, 5) is -0.197. The number of benzene rings is 2. The lowest BCUT2D eigenvalue weighted by molar-refractivity contribution is 0.528. The molecule has 41 heavy (non-hydrogen) atoms. The van der Waals surface area contributed by atoms with Crippen molar-refractivity contribution in [2.24, 2.45) is 0 Å². The first-order valence-corrected chi connectivity index (χ1v) is 18.7. The van der Waals surface area contributed by atoms with Crippen LogP contribution in [0.2, 0.25) is 10.0 Å². The third kappa shape index (κ3) is 13.5. The number of hydrogen-bond donors (Lipinski definition) is 3. The monoisotopic (exact) mass is 647 g/mol. The number of nitrogens with two attached hydrogens (primary N) is 1. The first kappa shape index (κ1) is 35.7. The van der Waals surface area contributed by atoms with Gasteiger partial charge in [0.15, 0.2) is 0 Å². The molecule has 11 heteroatoms. The largest absolute Gasteiger partial charge is 0.397 e. The van der Waals surface area contributed by atoms with Crippen LogP contribution in [0.1, 0.15) is 110 Å². The minimum atomic E-state index is -4.07. The number of unbranched alkanes of at least 4 members (excludes halogenated alkanes) is 15. The summed E-state index contributed by atoms with van der Waals surface area (Å²) in [6.07, 6.45) is 20.1. The Kier molecular flexibility index (Phi) is 16.4. The molecular formula is C30H47Cl2N3O4S2. The topological polar surface area (TPSA) is 118 Å². The third-order valence-electron chi connectivity index (χ3n) is 7.09. The van der Waals surface area contributed by atoms with Gasteiger partial charge in [-0.2, -0.15) is 0 Å². The molecule has 232 valence electrons. The van der Waals surface area contributed by atoms with E-state index >= 15 is 0 Å². The lowest BCUT2D eigenvalue weighted by atomic mass is 10.0. The van der Waals surface area contributed by atoms with E-state index in [1.165, 1.54) is 120 Å². The normalized spacial score (nSPS) is 12.1. The van der Waals surface area contributed by atoms with E-state index in [1.807, 2.05) is 0 Å². The summed E-state index contributed by atoms with van der Waals surface area (Å²) in [5.41, 5.74) is 5.78. The molecule has 2 rings (SSSR count). The number of nitrogens with one attached hydrogen (secondary N) is 2. The van der Waals surface area contributed by atoms with E-state index in [0.717, 1.165) is 19.3 Å². The first-order valence-electron chi connectivity index (χ1n) is 14.9. The molecule has 7 nitrogen and oxygen atoms in total. The molecule has 4 N–H and O–H groups in total. The Hall–Kier alpha value is -1.52.